The molecule has 1 saturated heterocycles. The van der Waals surface area contributed by atoms with Crippen LogP contribution >= 0.6 is 0 Å². The number of hydrogen-bond acceptors (Lipinski definition) is 2. The molecule has 2 heteroatoms. The number of nitrogens with zero attached hydrogens (tertiary/aromatic N) is 1. The lowest BCUT2D eigenvalue weighted by Crippen LogP contribution is -2.42. The van der Waals surface area contributed by atoms with E-state index < -0.39 is 0 Å². The lowest BCUT2D eigenvalue weighted by atomic mass is 9.84. The van der Waals surface area contributed by atoms with Crippen LogP contribution in [0.1, 0.15) is 51.4 Å². The lowest BCUT2D eigenvalue weighted by molar-refractivity contribution is 0.224. The fraction of sp³-hybridized carbons (Fsp3) is 1.00. The Bertz CT molecular complexity index is 235. The Morgan fingerprint density at radius 3 is 2.18 bits per heavy atom. The van der Waals surface area contributed by atoms with Crippen LogP contribution in [-0.2, 0) is 0 Å². The molecule has 0 spiro atoms. The van der Waals surface area contributed by atoms with E-state index in [0.717, 1.165) is 17.8 Å². The minimum absolute atomic E-state index is 0.453. The first-order chi connectivity index (χ1) is 8.33. The number of nitrogens with two attached hydrogens (primary N) is 1. The van der Waals surface area contributed by atoms with Gasteiger partial charge in [0.1, 0.15) is 0 Å². The Labute approximate surface area is 106 Å². The van der Waals surface area contributed by atoms with E-state index in [2.05, 4.69) is 4.90 Å². The molecular formula is C15H28N2. The van der Waals surface area contributed by atoms with Gasteiger partial charge in [-0.15, -0.1) is 0 Å². The molecule has 1 aliphatic heterocycles. The van der Waals surface area contributed by atoms with Gasteiger partial charge in [0.05, 0.1) is 0 Å². The molecule has 1 heterocycles. The van der Waals surface area contributed by atoms with Gasteiger partial charge < -0.3 is 10.6 Å². The van der Waals surface area contributed by atoms with Gasteiger partial charge in [-0.05, 0) is 43.4 Å². The van der Waals surface area contributed by atoms with Crippen molar-refractivity contribution in [2.75, 3.05) is 19.6 Å². The molecule has 3 unspecified atom stereocenters. The largest absolute Gasteiger partial charge is 0.326 e. The van der Waals surface area contributed by atoms with E-state index in [4.69, 9.17) is 5.73 Å². The molecule has 3 atom stereocenters. The molecule has 0 bridgehead atoms. The minimum atomic E-state index is 0.453. The molecule has 0 aromatic carbocycles. The zero-order valence-electron chi connectivity index (χ0n) is 11.1. The number of rotatable bonds is 3. The quantitative estimate of drug-likeness (QED) is 0.816. The van der Waals surface area contributed by atoms with Gasteiger partial charge in [-0.1, -0.05) is 25.7 Å². The van der Waals surface area contributed by atoms with E-state index in [1.807, 2.05) is 0 Å². The van der Waals surface area contributed by atoms with Crippen LogP contribution in [0.25, 0.3) is 0 Å². The summed E-state index contributed by atoms with van der Waals surface area (Å²) >= 11 is 0. The van der Waals surface area contributed by atoms with E-state index in [-0.39, 0.29) is 0 Å². The third-order valence-corrected chi connectivity index (χ3v) is 5.53. The highest BCUT2D eigenvalue weighted by Crippen LogP contribution is 2.38. The standard InChI is InChI=1S/C15H28N2/c16-15(12-5-2-1-3-6-12)11-17-9-13-7-4-8-14(13)10-17/h12-15H,1-11,16H2. The third kappa shape index (κ3) is 2.68. The van der Waals surface area contributed by atoms with E-state index in [1.165, 1.54) is 71.0 Å². The monoisotopic (exact) mass is 236 g/mol. The first-order valence-corrected chi connectivity index (χ1v) is 7.81. The number of hydrogen-bond donors (Lipinski definition) is 1. The van der Waals surface area contributed by atoms with Gasteiger partial charge in [0.15, 0.2) is 0 Å². The predicted octanol–water partition coefficient (Wildman–Crippen LogP) is 2.63. The van der Waals surface area contributed by atoms with E-state index in [0.29, 0.717) is 6.04 Å². The Balaban J connectivity index is 1.46. The van der Waals surface area contributed by atoms with E-state index in [1.54, 1.807) is 0 Å². The van der Waals surface area contributed by atoms with Crippen molar-refractivity contribution in [2.24, 2.45) is 23.5 Å². The summed E-state index contributed by atoms with van der Waals surface area (Å²) in [6.07, 6.45) is 11.5. The average Bonchev–Trinajstić information content (AvgIpc) is 2.90. The van der Waals surface area contributed by atoms with Crippen molar-refractivity contribution in [3.8, 4) is 0 Å². The van der Waals surface area contributed by atoms with Crippen molar-refractivity contribution in [1.82, 2.24) is 4.90 Å². The van der Waals surface area contributed by atoms with Gasteiger partial charge >= 0.3 is 0 Å². The van der Waals surface area contributed by atoms with Gasteiger partial charge in [0.2, 0.25) is 0 Å². The second-order valence-electron chi connectivity index (χ2n) is 6.73. The second-order valence-corrected chi connectivity index (χ2v) is 6.73. The molecule has 3 fully saturated rings. The van der Waals surface area contributed by atoms with E-state index >= 15 is 0 Å². The molecule has 2 nitrogen and oxygen atoms in total. The van der Waals surface area contributed by atoms with Crippen molar-refractivity contribution in [3.63, 3.8) is 0 Å². The molecule has 0 aromatic heterocycles. The molecular weight excluding hydrogens is 208 g/mol. The van der Waals surface area contributed by atoms with Crippen LogP contribution in [0.5, 0.6) is 0 Å². The summed E-state index contributed by atoms with van der Waals surface area (Å²) in [5.41, 5.74) is 6.44. The maximum atomic E-state index is 6.44. The molecule has 98 valence electrons. The summed E-state index contributed by atoms with van der Waals surface area (Å²) in [4.78, 5) is 2.67. The molecule has 0 aromatic rings. The van der Waals surface area contributed by atoms with Crippen LogP contribution in [0.15, 0.2) is 0 Å². The van der Waals surface area contributed by atoms with Crippen LogP contribution in [0.4, 0.5) is 0 Å². The Morgan fingerprint density at radius 2 is 1.53 bits per heavy atom. The summed E-state index contributed by atoms with van der Waals surface area (Å²) in [6.45, 7) is 3.88. The molecule has 2 aliphatic carbocycles. The average molecular weight is 236 g/mol. The van der Waals surface area contributed by atoms with E-state index in [9.17, 15) is 0 Å². The highest BCUT2D eigenvalue weighted by atomic mass is 15.2. The van der Waals surface area contributed by atoms with Crippen LogP contribution in [-0.4, -0.2) is 30.6 Å². The zero-order chi connectivity index (χ0) is 11.7. The summed E-state index contributed by atoms with van der Waals surface area (Å²) in [5.74, 6) is 2.87. The smallest absolute Gasteiger partial charge is 0.0196 e. The van der Waals surface area contributed by atoms with Crippen molar-refractivity contribution in [1.29, 1.82) is 0 Å². The molecule has 17 heavy (non-hydrogen) atoms. The summed E-state index contributed by atoms with van der Waals surface area (Å²) in [7, 11) is 0. The number of likely N-dealkylation sites (tertiary alicyclic amines) is 1. The van der Waals surface area contributed by atoms with Gasteiger partial charge in [-0.2, -0.15) is 0 Å². The van der Waals surface area contributed by atoms with Crippen LogP contribution < -0.4 is 5.73 Å². The first kappa shape index (κ1) is 12.0. The highest BCUT2D eigenvalue weighted by Gasteiger charge is 2.36. The molecule has 2 N–H and O–H groups in total. The summed E-state index contributed by atoms with van der Waals surface area (Å²) < 4.78 is 0. The van der Waals surface area contributed by atoms with Crippen molar-refractivity contribution in [2.45, 2.75) is 57.4 Å². The van der Waals surface area contributed by atoms with Gasteiger partial charge in [0, 0.05) is 25.7 Å². The highest BCUT2D eigenvalue weighted by molar-refractivity contribution is 4.90. The summed E-state index contributed by atoms with van der Waals surface area (Å²) in [6, 6.07) is 0.453. The van der Waals surface area contributed by atoms with Crippen LogP contribution in [0, 0.1) is 17.8 Å². The molecule has 2 saturated carbocycles. The lowest BCUT2D eigenvalue weighted by Gasteiger charge is -2.30. The number of fused-ring (bicyclic) bond motifs is 1. The normalized spacial score (nSPS) is 37.2. The second kappa shape index (κ2) is 5.27. The SMILES string of the molecule is NC(CN1CC2CCCC2C1)C1CCCCC1. The zero-order valence-corrected chi connectivity index (χ0v) is 11.1. The van der Waals surface area contributed by atoms with Crippen LogP contribution in [0.2, 0.25) is 0 Å². The first-order valence-electron chi connectivity index (χ1n) is 7.81. The van der Waals surface area contributed by atoms with Crippen molar-refractivity contribution < 1.29 is 0 Å². The van der Waals surface area contributed by atoms with Gasteiger partial charge in [-0.3, -0.25) is 0 Å². The molecule has 0 radical (unpaired) electrons. The van der Waals surface area contributed by atoms with Gasteiger partial charge in [0.25, 0.3) is 0 Å². The van der Waals surface area contributed by atoms with Gasteiger partial charge in [-0.25, -0.2) is 0 Å². The fourth-order valence-electron chi connectivity index (χ4n) is 4.49. The third-order valence-electron chi connectivity index (χ3n) is 5.53. The maximum absolute atomic E-state index is 6.44. The maximum Gasteiger partial charge on any atom is 0.0196 e. The van der Waals surface area contributed by atoms with Crippen molar-refractivity contribution in [3.05, 3.63) is 0 Å². The Hall–Kier alpha value is -0.0800. The Kier molecular flexibility index (Phi) is 3.72. The topological polar surface area (TPSA) is 29.3 Å². The minimum Gasteiger partial charge on any atom is -0.326 e. The van der Waals surface area contributed by atoms with Crippen molar-refractivity contribution >= 4 is 0 Å². The summed E-state index contributed by atoms with van der Waals surface area (Å²) in [5, 5.41) is 0. The fourth-order valence-corrected chi connectivity index (χ4v) is 4.49. The molecule has 3 rings (SSSR count). The van der Waals surface area contributed by atoms with Crippen LogP contribution in [0.3, 0.4) is 0 Å². The predicted molar refractivity (Wildman–Crippen MR) is 71.8 cm³/mol. The Morgan fingerprint density at radius 1 is 0.882 bits per heavy atom. The molecule has 0 amide bonds. The molecule has 3 aliphatic rings.